The number of aliphatic carboxylic acids is 1. The molecule has 1 amide bonds. The lowest BCUT2D eigenvalue weighted by atomic mass is 10.1. The Labute approximate surface area is 144 Å². The summed E-state index contributed by atoms with van der Waals surface area (Å²) in [5, 5.41) is 16.4. The molecule has 0 aliphatic carbocycles. The Morgan fingerprint density at radius 2 is 1.76 bits per heavy atom. The van der Waals surface area contributed by atoms with Crippen LogP contribution in [-0.4, -0.2) is 22.1 Å². The molecule has 3 rings (SSSR count). The van der Waals surface area contributed by atoms with Crippen molar-refractivity contribution in [2.24, 2.45) is 0 Å². The number of hydrogen-bond acceptors (Lipinski definition) is 4. The molecule has 0 fully saturated rings. The van der Waals surface area contributed by atoms with E-state index < -0.39 is 5.97 Å². The van der Waals surface area contributed by atoms with Crippen LogP contribution in [0.1, 0.15) is 22.4 Å². The van der Waals surface area contributed by atoms with Crippen molar-refractivity contribution in [1.29, 1.82) is 0 Å². The summed E-state index contributed by atoms with van der Waals surface area (Å²) in [4.78, 5) is 22.9. The molecule has 0 unspecified atom stereocenters. The van der Waals surface area contributed by atoms with E-state index in [1.165, 1.54) is 0 Å². The number of benzene rings is 2. The summed E-state index contributed by atoms with van der Waals surface area (Å²) in [6.45, 7) is 4.00. The van der Waals surface area contributed by atoms with E-state index in [9.17, 15) is 9.59 Å². The molecule has 0 saturated carbocycles. The zero-order valence-corrected chi connectivity index (χ0v) is 14.0. The fourth-order valence-corrected chi connectivity index (χ4v) is 2.61. The summed E-state index contributed by atoms with van der Waals surface area (Å²) < 4.78 is 5.30. The number of carbonyl (C=O) groups excluding carboxylic acids is 1. The summed E-state index contributed by atoms with van der Waals surface area (Å²) in [6.07, 6.45) is 0.0598. The lowest BCUT2D eigenvalue weighted by Crippen LogP contribution is -2.14. The minimum Gasteiger partial charge on any atom is -0.481 e. The Morgan fingerprint density at radius 1 is 1.08 bits per heavy atom. The minimum atomic E-state index is -0.889. The van der Waals surface area contributed by atoms with Gasteiger partial charge in [0, 0.05) is 11.1 Å². The van der Waals surface area contributed by atoms with Crippen LogP contribution in [0.5, 0.6) is 0 Å². The monoisotopic (exact) mass is 338 g/mol. The van der Waals surface area contributed by atoms with Crippen molar-refractivity contribution in [3.63, 3.8) is 0 Å². The molecule has 1 heterocycles. The maximum absolute atomic E-state index is 12.3. The Morgan fingerprint density at radius 3 is 2.44 bits per heavy atom. The second kappa shape index (κ2) is 6.76. The lowest BCUT2D eigenvalue weighted by Gasteiger charge is -2.05. The Kier molecular flexibility index (Phi) is 4.52. The van der Waals surface area contributed by atoms with Crippen LogP contribution in [0.2, 0.25) is 0 Å². The highest BCUT2D eigenvalue weighted by Gasteiger charge is 2.14. The molecule has 1 aromatic heterocycles. The molecule has 6 nitrogen and oxygen atoms in total. The fraction of sp³-hybridized carbons (Fsp3) is 0.211. The number of amides is 1. The topological polar surface area (TPSA) is 92.4 Å². The molecule has 0 aliphatic heterocycles. The molecule has 0 aliphatic rings. The van der Waals surface area contributed by atoms with E-state index in [4.69, 9.17) is 9.63 Å². The standard InChI is InChI=1S/C19H18N2O4/c1-11-7-15-16(21-25-17(15)8-12(11)2)10-18(22)20-14-5-3-13(4-6-14)9-19(23)24/h3-8H,9-10H2,1-2H3,(H,20,22)(H,23,24). The van der Waals surface area contributed by atoms with Crippen molar-refractivity contribution in [3.05, 3.63) is 58.8 Å². The second-order valence-corrected chi connectivity index (χ2v) is 6.05. The van der Waals surface area contributed by atoms with Crippen LogP contribution in [0.4, 0.5) is 5.69 Å². The Balaban J connectivity index is 1.70. The number of aromatic nitrogens is 1. The molecular formula is C19H18N2O4. The van der Waals surface area contributed by atoms with Crippen LogP contribution in [0.15, 0.2) is 40.9 Å². The number of aryl methyl sites for hydroxylation is 2. The molecular weight excluding hydrogens is 320 g/mol. The van der Waals surface area contributed by atoms with E-state index in [0.29, 0.717) is 22.5 Å². The van der Waals surface area contributed by atoms with Gasteiger partial charge in [-0.05, 0) is 54.8 Å². The van der Waals surface area contributed by atoms with Crippen molar-refractivity contribution < 1.29 is 19.2 Å². The molecule has 0 saturated heterocycles. The van der Waals surface area contributed by atoms with Crippen molar-refractivity contribution in [3.8, 4) is 0 Å². The summed E-state index contributed by atoms with van der Waals surface area (Å²) in [6, 6.07) is 10.6. The van der Waals surface area contributed by atoms with E-state index in [-0.39, 0.29) is 18.7 Å². The number of hydrogen-bond donors (Lipinski definition) is 2. The van der Waals surface area contributed by atoms with Crippen molar-refractivity contribution in [2.45, 2.75) is 26.7 Å². The van der Waals surface area contributed by atoms with E-state index in [1.54, 1.807) is 24.3 Å². The normalized spacial score (nSPS) is 10.8. The van der Waals surface area contributed by atoms with Gasteiger partial charge in [0.1, 0.15) is 5.69 Å². The SMILES string of the molecule is Cc1cc2onc(CC(=O)Nc3ccc(CC(=O)O)cc3)c2cc1C. The van der Waals surface area contributed by atoms with Crippen molar-refractivity contribution >= 4 is 28.5 Å². The molecule has 2 N–H and O–H groups in total. The minimum absolute atomic E-state index is 0.0437. The zero-order chi connectivity index (χ0) is 18.0. The first-order chi connectivity index (χ1) is 11.9. The van der Waals surface area contributed by atoms with Crippen LogP contribution in [0.25, 0.3) is 11.0 Å². The van der Waals surface area contributed by atoms with Gasteiger partial charge in [-0.15, -0.1) is 0 Å². The smallest absolute Gasteiger partial charge is 0.307 e. The number of nitrogens with zero attached hydrogens (tertiary/aromatic N) is 1. The van der Waals surface area contributed by atoms with Crippen LogP contribution in [0.3, 0.4) is 0 Å². The molecule has 3 aromatic rings. The number of carbonyl (C=O) groups is 2. The summed E-state index contributed by atoms with van der Waals surface area (Å²) >= 11 is 0. The summed E-state index contributed by atoms with van der Waals surface area (Å²) in [5.41, 5.74) is 4.78. The predicted octanol–water partition coefficient (Wildman–Crippen LogP) is 3.25. The lowest BCUT2D eigenvalue weighted by molar-refractivity contribution is -0.136. The average Bonchev–Trinajstić information content (AvgIpc) is 2.91. The maximum atomic E-state index is 12.3. The number of nitrogens with one attached hydrogen (secondary N) is 1. The van der Waals surface area contributed by atoms with Crippen LogP contribution < -0.4 is 5.32 Å². The van der Waals surface area contributed by atoms with Gasteiger partial charge in [0.05, 0.1) is 12.8 Å². The van der Waals surface area contributed by atoms with E-state index in [0.717, 1.165) is 16.5 Å². The highest BCUT2D eigenvalue weighted by atomic mass is 16.5. The molecule has 6 heteroatoms. The average molecular weight is 338 g/mol. The van der Waals surface area contributed by atoms with E-state index in [2.05, 4.69) is 10.5 Å². The van der Waals surface area contributed by atoms with Crippen LogP contribution in [0, 0.1) is 13.8 Å². The Bertz CT molecular complexity index is 942. The third-order valence-electron chi connectivity index (χ3n) is 4.08. The van der Waals surface area contributed by atoms with Gasteiger partial charge in [0.25, 0.3) is 0 Å². The highest BCUT2D eigenvalue weighted by molar-refractivity contribution is 5.94. The Hall–Kier alpha value is -3.15. The van der Waals surface area contributed by atoms with Gasteiger partial charge in [0.2, 0.25) is 5.91 Å². The quantitative estimate of drug-likeness (QED) is 0.745. The second-order valence-electron chi connectivity index (χ2n) is 6.05. The summed E-state index contributed by atoms with van der Waals surface area (Å²) in [5.74, 6) is -1.10. The number of carboxylic acid groups (broad SMARTS) is 1. The molecule has 128 valence electrons. The largest absolute Gasteiger partial charge is 0.481 e. The first-order valence-corrected chi connectivity index (χ1v) is 7.88. The zero-order valence-electron chi connectivity index (χ0n) is 14.0. The number of rotatable bonds is 5. The van der Waals surface area contributed by atoms with Gasteiger partial charge >= 0.3 is 5.97 Å². The molecule has 0 radical (unpaired) electrons. The van der Waals surface area contributed by atoms with Crippen LogP contribution in [-0.2, 0) is 22.4 Å². The molecule has 0 spiro atoms. The van der Waals surface area contributed by atoms with Gasteiger partial charge in [-0.1, -0.05) is 17.3 Å². The molecule has 0 bridgehead atoms. The molecule has 0 atom stereocenters. The number of anilines is 1. The van der Waals surface area contributed by atoms with E-state index in [1.807, 2.05) is 26.0 Å². The summed E-state index contributed by atoms with van der Waals surface area (Å²) in [7, 11) is 0. The third-order valence-corrected chi connectivity index (χ3v) is 4.08. The predicted molar refractivity (Wildman–Crippen MR) is 93.6 cm³/mol. The van der Waals surface area contributed by atoms with Gasteiger partial charge < -0.3 is 14.9 Å². The third kappa shape index (κ3) is 3.85. The number of fused-ring (bicyclic) bond motifs is 1. The first-order valence-electron chi connectivity index (χ1n) is 7.88. The van der Waals surface area contributed by atoms with Gasteiger partial charge in [-0.2, -0.15) is 0 Å². The first kappa shape index (κ1) is 16.7. The molecule has 25 heavy (non-hydrogen) atoms. The van der Waals surface area contributed by atoms with Crippen molar-refractivity contribution in [1.82, 2.24) is 5.16 Å². The van der Waals surface area contributed by atoms with Crippen LogP contribution >= 0.6 is 0 Å². The highest BCUT2D eigenvalue weighted by Crippen LogP contribution is 2.23. The fourth-order valence-electron chi connectivity index (χ4n) is 2.61. The van der Waals surface area contributed by atoms with Gasteiger partial charge in [0.15, 0.2) is 5.58 Å². The number of carboxylic acids is 1. The maximum Gasteiger partial charge on any atom is 0.307 e. The van der Waals surface area contributed by atoms with Crippen molar-refractivity contribution in [2.75, 3.05) is 5.32 Å². The van der Waals surface area contributed by atoms with Gasteiger partial charge in [-0.25, -0.2) is 0 Å². The van der Waals surface area contributed by atoms with E-state index >= 15 is 0 Å². The van der Waals surface area contributed by atoms with Gasteiger partial charge in [-0.3, -0.25) is 9.59 Å². The molecule has 2 aromatic carbocycles.